The molecule has 0 radical (unpaired) electrons. The van der Waals surface area contributed by atoms with Gasteiger partial charge in [0.2, 0.25) is 5.91 Å². The highest BCUT2D eigenvalue weighted by atomic mass is 16.2. The summed E-state index contributed by atoms with van der Waals surface area (Å²) in [6.07, 6.45) is 4.90. The summed E-state index contributed by atoms with van der Waals surface area (Å²) in [7, 11) is 0. The molecule has 2 rings (SSSR count). The van der Waals surface area contributed by atoms with Crippen LogP contribution in [0.3, 0.4) is 0 Å². The first kappa shape index (κ1) is 11.1. The van der Waals surface area contributed by atoms with E-state index in [0.29, 0.717) is 0 Å². The number of carbonyl (C=O) groups is 1. The molecule has 0 aromatic carbocycles. The van der Waals surface area contributed by atoms with Gasteiger partial charge < -0.3 is 10.6 Å². The van der Waals surface area contributed by atoms with E-state index in [4.69, 9.17) is 0 Å². The van der Waals surface area contributed by atoms with Gasteiger partial charge in [-0.2, -0.15) is 0 Å². The molecule has 1 aliphatic rings. The lowest BCUT2D eigenvalue weighted by Gasteiger charge is -2.22. The number of nitrogens with zero attached hydrogens (tertiary/aromatic N) is 1. The lowest BCUT2D eigenvalue weighted by molar-refractivity contribution is -0.118. The lowest BCUT2D eigenvalue weighted by atomic mass is 10.0. The standard InChI is InChI=1S/C12H17N3O/c1-9-5-6-10(8-14-9)15-12(16)11-4-2-3-7-13-11/h5-6,8,11,13H,2-4,7H2,1H3,(H,15,16). The first-order valence-corrected chi connectivity index (χ1v) is 5.72. The van der Waals surface area contributed by atoms with E-state index < -0.39 is 0 Å². The number of piperidine rings is 1. The van der Waals surface area contributed by atoms with Gasteiger partial charge in [0.25, 0.3) is 0 Å². The van der Waals surface area contributed by atoms with Crippen LogP contribution in [0, 0.1) is 6.92 Å². The first-order chi connectivity index (χ1) is 7.75. The minimum Gasteiger partial charge on any atom is -0.323 e. The summed E-state index contributed by atoms with van der Waals surface area (Å²) in [6, 6.07) is 3.72. The number of amides is 1. The molecule has 1 aliphatic heterocycles. The number of anilines is 1. The normalized spacial score (nSPS) is 20.4. The van der Waals surface area contributed by atoms with Crippen molar-refractivity contribution in [2.45, 2.75) is 32.2 Å². The zero-order valence-electron chi connectivity index (χ0n) is 9.49. The molecule has 1 aromatic heterocycles. The van der Waals surface area contributed by atoms with Gasteiger partial charge in [0.1, 0.15) is 0 Å². The number of hydrogen-bond donors (Lipinski definition) is 2. The molecule has 4 heteroatoms. The van der Waals surface area contributed by atoms with Crippen LogP contribution in [0.5, 0.6) is 0 Å². The molecule has 1 atom stereocenters. The predicted octanol–water partition coefficient (Wildman–Crippen LogP) is 1.47. The van der Waals surface area contributed by atoms with E-state index in [1.54, 1.807) is 6.20 Å². The SMILES string of the molecule is Cc1ccc(NC(=O)C2CCCCN2)cn1. The van der Waals surface area contributed by atoms with Crippen molar-refractivity contribution in [3.8, 4) is 0 Å². The number of aromatic nitrogens is 1. The summed E-state index contributed by atoms with van der Waals surface area (Å²) in [5.74, 6) is 0.0466. The second-order valence-corrected chi connectivity index (χ2v) is 4.18. The van der Waals surface area contributed by atoms with Crippen LogP contribution in [0.1, 0.15) is 25.0 Å². The smallest absolute Gasteiger partial charge is 0.241 e. The second-order valence-electron chi connectivity index (χ2n) is 4.18. The van der Waals surface area contributed by atoms with E-state index in [2.05, 4.69) is 15.6 Å². The zero-order valence-corrected chi connectivity index (χ0v) is 9.49. The monoisotopic (exact) mass is 219 g/mol. The molecule has 1 saturated heterocycles. The van der Waals surface area contributed by atoms with Crippen molar-refractivity contribution in [3.05, 3.63) is 24.0 Å². The Kier molecular flexibility index (Phi) is 3.51. The third kappa shape index (κ3) is 2.79. The molecule has 0 bridgehead atoms. The number of carbonyl (C=O) groups excluding carboxylic acids is 1. The third-order valence-electron chi connectivity index (χ3n) is 2.81. The Balaban J connectivity index is 1.93. The van der Waals surface area contributed by atoms with Gasteiger partial charge >= 0.3 is 0 Å². The molecule has 0 spiro atoms. The van der Waals surface area contributed by atoms with Crippen LogP contribution >= 0.6 is 0 Å². The predicted molar refractivity (Wildman–Crippen MR) is 63.2 cm³/mol. The quantitative estimate of drug-likeness (QED) is 0.792. The molecular weight excluding hydrogens is 202 g/mol. The van der Waals surface area contributed by atoms with Crippen LogP contribution in [0.2, 0.25) is 0 Å². The van der Waals surface area contributed by atoms with Crippen molar-refractivity contribution >= 4 is 11.6 Å². The maximum atomic E-state index is 11.9. The van der Waals surface area contributed by atoms with Crippen LogP contribution in [0.4, 0.5) is 5.69 Å². The van der Waals surface area contributed by atoms with Gasteiger partial charge in [-0.1, -0.05) is 6.42 Å². The molecule has 0 aliphatic carbocycles. The average Bonchev–Trinajstić information content (AvgIpc) is 2.33. The Morgan fingerprint density at radius 2 is 2.38 bits per heavy atom. The number of hydrogen-bond acceptors (Lipinski definition) is 3. The van der Waals surface area contributed by atoms with Crippen LogP contribution in [0.15, 0.2) is 18.3 Å². The van der Waals surface area contributed by atoms with Gasteiger partial charge in [0, 0.05) is 5.69 Å². The van der Waals surface area contributed by atoms with Gasteiger partial charge in [-0.25, -0.2) is 0 Å². The summed E-state index contributed by atoms with van der Waals surface area (Å²) < 4.78 is 0. The Morgan fingerprint density at radius 3 is 3.00 bits per heavy atom. The van der Waals surface area contributed by atoms with Gasteiger partial charge in [-0.05, 0) is 38.4 Å². The van der Waals surface area contributed by atoms with E-state index in [-0.39, 0.29) is 11.9 Å². The fourth-order valence-corrected chi connectivity index (χ4v) is 1.85. The molecule has 16 heavy (non-hydrogen) atoms. The maximum Gasteiger partial charge on any atom is 0.241 e. The molecule has 1 unspecified atom stereocenters. The molecule has 1 aromatic rings. The summed E-state index contributed by atoms with van der Waals surface area (Å²) in [4.78, 5) is 16.0. The van der Waals surface area contributed by atoms with Crippen molar-refractivity contribution in [1.29, 1.82) is 0 Å². The number of rotatable bonds is 2. The van der Waals surface area contributed by atoms with E-state index >= 15 is 0 Å². The van der Waals surface area contributed by atoms with Crippen LogP contribution < -0.4 is 10.6 Å². The summed E-state index contributed by atoms with van der Waals surface area (Å²) >= 11 is 0. The molecular formula is C12H17N3O. The summed E-state index contributed by atoms with van der Waals surface area (Å²) in [6.45, 7) is 2.86. The maximum absolute atomic E-state index is 11.9. The van der Waals surface area contributed by atoms with E-state index in [1.165, 1.54) is 0 Å². The fraction of sp³-hybridized carbons (Fsp3) is 0.500. The van der Waals surface area contributed by atoms with E-state index in [0.717, 1.165) is 37.2 Å². The zero-order chi connectivity index (χ0) is 11.4. The molecule has 0 saturated carbocycles. The number of pyridine rings is 1. The van der Waals surface area contributed by atoms with Crippen molar-refractivity contribution in [2.75, 3.05) is 11.9 Å². The Morgan fingerprint density at radius 1 is 1.50 bits per heavy atom. The topological polar surface area (TPSA) is 54.0 Å². The summed E-state index contributed by atoms with van der Waals surface area (Å²) in [5.41, 5.74) is 1.72. The van der Waals surface area contributed by atoms with Crippen LogP contribution in [0.25, 0.3) is 0 Å². The molecule has 2 N–H and O–H groups in total. The van der Waals surface area contributed by atoms with Gasteiger partial charge in [-0.15, -0.1) is 0 Å². The van der Waals surface area contributed by atoms with Crippen molar-refractivity contribution in [3.63, 3.8) is 0 Å². The van der Waals surface area contributed by atoms with E-state index in [1.807, 2.05) is 19.1 Å². The molecule has 4 nitrogen and oxygen atoms in total. The van der Waals surface area contributed by atoms with Crippen molar-refractivity contribution in [2.24, 2.45) is 0 Å². The minimum absolute atomic E-state index is 0.0462. The Bertz CT molecular complexity index is 355. The first-order valence-electron chi connectivity index (χ1n) is 5.72. The van der Waals surface area contributed by atoms with E-state index in [9.17, 15) is 4.79 Å². The number of aryl methyl sites for hydroxylation is 1. The molecule has 1 fully saturated rings. The highest BCUT2D eigenvalue weighted by Crippen LogP contribution is 2.11. The minimum atomic E-state index is -0.0462. The second kappa shape index (κ2) is 5.07. The average molecular weight is 219 g/mol. The third-order valence-corrected chi connectivity index (χ3v) is 2.81. The van der Waals surface area contributed by atoms with Gasteiger partial charge in [0.05, 0.1) is 17.9 Å². The van der Waals surface area contributed by atoms with Crippen LogP contribution in [-0.4, -0.2) is 23.5 Å². The Hall–Kier alpha value is -1.42. The fourth-order valence-electron chi connectivity index (χ4n) is 1.85. The number of nitrogens with one attached hydrogen (secondary N) is 2. The van der Waals surface area contributed by atoms with Gasteiger partial charge in [-0.3, -0.25) is 9.78 Å². The van der Waals surface area contributed by atoms with Crippen molar-refractivity contribution in [1.82, 2.24) is 10.3 Å². The lowest BCUT2D eigenvalue weighted by Crippen LogP contribution is -2.43. The summed E-state index contributed by atoms with van der Waals surface area (Å²) in [5, 5.41) is 6.09. The molecule has 2 heterocycles. The highest BCUT2D eigenvalue weighted by molar-refractivity contribution is 5.94. The largest absolute Gasteiger partial charge is 0.323 e. The van der Waals surface area contributed by atoms with Crippen molar-refractivity contribution < 1.29 is 4.79 Å². The van der Waals surface area contributed by atoms with Crippen LogP contribution in [-0.2, 0) is 4.79 Å². The Labute approximate surface area is 95.5 Å². The molecule has 1 amide bonds. The molecule has 86 valence electrons. The highest BCUT2D eigenvalue weighted by Gasteiger charge is 2.20. The van der Waals surface area contributed by atoms with Gasteiger partial charge in [0.15, 0.2) is 0 Å².